The third-order valence-corrected chi connectivity index (χ3v) is 4.64. The van der Waals surface area contributed by atoms with Crippen LogP contribution in [0, 0.1) is 0 Å². The Morgan fingerprint density at radius 3 is 2.67 bits per heavy atom. The molecule has 1 aromatic heterocycles. The molecule has 0 saturated carbocycles. The molecule has 1 aliphatic heterocycles. The Morgan fingerprint density at radius 1 is 1.26 bits per heavy atom. The number of halogens is 1. The highest BCUT2D eigenvalue weighted by molar-refractivity contribution is 6.30. The molecule has 8 heteroatoms. The topological polar surface area (TPSA) is 106 Å². The number of aromatic hydroxyl groups is 1. The highest BCUT2D eigenvalue weighted by Gasteiger charge is 2.33. The number of allylic oxidation sites excluding steroid dienone is 1. The summed E-state index contributed by atoms with van der Waals surface area (Å²) < 4.78 is 1.62. The first-order valence-corrected chi connectivity index (χ1v) is 8.61. The van der Waals surface area contributed by atoms with E-state index in [-0.39, 0.29) is 5.75 Å². The summed E-state index contributed by atoms with van der Waals surface area (Å²) in [6, 6.07) is 13.2. The van der Waals surface area contributed by atoms with Crippen molar-refractivity contribution in [2.75, 3.05) is 5.32 Å². The molecular weight excluding hydrogens is 366 g/mol. The number of carbonyl (C=O) groups excluding carboxylic acids is 1. The number of hydrogen-bond acceptors (Lipinski definition) is 5. The fourth-order valence-electron chi connectivity index (χ4n) is 3.18. The van der Waals surface area contributed by atoms with Gasteiger partial charge in [0.15, 0.2) is 5.82 Å². The molecule has 0 bridgehead atoms. The zero-order valence-electron chi connectivity index (χ0n) is 14.3. The van der Waals surface area contributed by atoms with E-state index >= 15 is 0 Å². The van der Waals surface area contributed by atoms with E-state index in [9.17, 15) is 9.90 Å². The summed E-state index contributed by atoms with van der Waals surface area (Å²) in [4.78, 5) is 16.7. The smallest absolute Gasteiger partial charge is 0.248 e. The monoisotopic (exact) mass is 381 g/mol. The van der Waals surface area contributed by atoms with Crippen molar-refractivity contribution < 1.29 is 9.90 Å². The van der Waals surface area contributed by atoms with E-state index in [0.717, 1.165) is 11.1 Å². The van der Waals surface area contributed by atoms with Crippen molar-refractivity contribution in [2.45, 2.75) is 13.0 Å². The first kappa shape index (κ1) is 17.1. The summed E-state index contributed by atoms with van der Waals surface area (Å²) in [6.07, 6.45) is 0. The number of hydrogen-bond donors (Lipinski definition) is 3. The molecule has 1 aliphatic rings. The van der Waals surface area contributed by atoms with E-state index in [2.05, 4.69) is 15.4 Å². The van der Waals surface area contributed by atoms with Gasteiger partial charge in [-0.1, -0.05) is 35.9 Å². The molecule has 0 saturated heterocycles. The van der Waals surface area contributed by atoms with Gasteiger partial charge in [-0.25, -0.2) is 4.68 Å². The minimum Gasteiger partial charge on any atom is -0.508 e. The molecule has 2 heterocycles. The van der Waals surface area contributed by atoms with Gasteiger partial charge in [0.2, 0.25) is 11.9 Å². The van der Waals surface area contributed by atoms with Crippen LogP contribution in [-0.2, 0) is 4.79 Å². The van der Waals surface area contributed by atoms with Crippen molar-refractivity contribution in [3.8, 4) is 17.1 Å². The molecule has 1 amide bonds. The third kappa shape index (κ3) is 3.02. The Hall–Kier alpha value is -3.32. The Bertz CT molecular complexity index is 1070. The van der Waals surface area contributed by atoms with Gasteiger partial charge in [0.05, 0.1) is 5.57 Å². The van der Waals surface area contributed by atoms with Crippen LogP contribution in [0.3, 0.4) is 0 Å². The Kier molecular flexibility index (Phi) is 4.08. The van der Waals surface area contributed by atoms with Crippen LogP contribution in [0.1, 0.15) is 18.5 Å². The molecule has 0 unspecified atom stereocenters. The minimum atomic E-state index is -0.556. The first-order chi connectivity index (χ1) is 12.9. The summed E-state index contributed by atoms with van der Waals surface area (Å²) in [5, 5.41) is 17.9. The van der Waals surface area contributed by atoms with Crippen LogP contribution in [0.25, 0.3) is 11.4 Å². The molecule has 4 rings (SSSR count). The quantitative estimate of drug-likeness (QED) is 0.646. The van der Waals surface area contributed by atoms with Crippen LogP contribution >= 0.6 is 11.6 Å². The Labute approximate surface area is 160 Å². The van der Waals surface area contributed by atoms with Crippen molar-refractivity contribution in [2.24, 2.45) is 5.73 Å². The molecule has 2 aromatic carbocycles. The minimum absolute atomic E-state index is 0.132. The number of nitrogens with two attached hydrogens (primary N) is 1. The van der Waals surface area contributed by atoms with Gasteiger partial charge in [-0.05, 0) is 36.8 Å². The zero-order valence-corrected chi connectivity index (χ0v) is 15.1. The van der Waals surface area contributed by atoms with Gasteiger partial charge in [0.1, 0.15) is 11.8 Å². The molecule has 27 heavy (non-hydrogen) atoms. The lowest BCUT2D eigenvalue weighted by Crippen LogP contribution is -2.31. The molecule has 136 valence electrons. The van der Waals surface area contributed by atoms with E-state index in [1.165, 1.54) is 0 Å². The number of carbonyl (C=O) groups is 1. The molecule has 3 aromatic rings. The van der Waals surface area contributed by atoms with Gasteiger partial charge in [0, 0.05) is 16.3 Å². The number of rotatable bonds is 3. The molecule has 0 radical (unpaired) electrons. The lowest BCUT2D eigenvalue weighted by atomic mass is 9.95. The standard InChI is InChI=1S/C19H16ClN5O2/c1-10-15(17(21)27)16(11-5-7-14(26)8-6-11)25-19(22-10)23-18(24-25)12-3-2-4-13(20)9-12/h2-9,16,26H,1H3,(H2,21,27)(H,22,23,24)/t16-/m1/s1. The van der Waals surface area contributed by atoms with Gasteiger partial charge < -0.3 is 16.2 Å². The van der Waals surface area contributed by atoms with Gasteiger partial charge in [0.25, 0.3) is 0 Å². The highest BCUT2D eigenvalue weighted by Crippen LogP contribution is 2.36. The number of anilines is 1. The van der Waals surface area contributed by atoms with Crippen molar-refractivity contribution in [3.63, 3.8) is 0 Å². The fourth-order valence-corrected chi connectivity index (χ4v) is 3.38. The summed E-state index contributed by atoms with van der Waals surface area (Å²) in [7, 11) is 0. The summed E-state index contributed by atoms with van der Waals surface area (Å²) >= 11 is 6.08. The molecule has 0 aliphatic carbocycles. The zero-order chi connectivity index (χ0) is 19.1. The average molecular weight is 382 g/mol. The number of nitrogens with zero attached hydrogens (tertiary/aromatic N) is 3. The van der Waals surface area contributed by atoms with Crippen molar-refractivity contribution in [3.05, 3.63) is 70.4 Å². The second-order valence-electron chi connectivity index (χ2n) is 6.24. The SMILES string of the molecule is CC1=C(C(N)=O)[C@@H](c2ccc(O)cc2)n2nc(-c3cccc(Cl)c3)nc2N1. The second-order valence-corrected chi connectivity index (χ2v) is 6.67. The van der Waals surface area contributed by atoms with Crippen LogP contribution in [0.4, 0.5) is 5.95 Å². The number of nitrogens with one attached hydrogen (secondary N) is 1. The maximum Gasteiger partial charge on any atom is 0.248 e. The van der Waals surface area contributed by atoms with Gasteiger partial charge >= 0.3 is 0 Å². The van der Waals surface area contributed by atoms with Gasteiger partial charge in [-0.2, -0.15) is 4.98 Å². The number of phenolic OH excluding ortho intramolecular Hbond substituents is 1. The normalized spacial score (nSPS) is 16.0. The lowest BCUT2D eigenvalue weighted by molar-refractivity contribution is -0.115. The fraction of sp³-hybridized carbons (Fsp3) is 0.105. The maximum atomic E-state index is 12.1. The molecule has 4 N–H and O–H groups in total. The maximum absolute atomic E-state index is 12.1. The van der Waals surface area contributed by atoms with Crippen LogP contribution in [0.2, 0.25) is 5.02 Å². The Morgan fingerprint density at radius 2 is 2.00 bits per heavy atom. The highest BCUT2D eigenvalue weighted by atomic mass is 35.5. The number of fused-ring (bicyclic) bond motifs is 1. The van der Waals surface area contributed by atoms with E-state index in [0.29, 0.717) is 28.1 Å². The molecule has 7 nitrogen and oxygen atoms in total. The van der Waals surface area contributed by atoms with E-state index in [1.807, 2.05) is 12.1 Å². The van der Waals surface area contributed by atoms with E-state index < -0.39 is 11.9 Å². The average Bonchev–Trinajstić information content (AvgIpc) is 3.04. The number of amides is 1. The lowest BCUT2D eigenvalue weighted by Gasteiger charge is -2.27. The van der Waals surface area contributed by atoms with Crippen LogP contribution < -0.4 is 11.1 Å². The number of aromatic nitrogens is 3. The third-order valence-electron chi connectivity index (χ3n) is 4.41. The molecule has 1 atom stereocenters. The van der Waals surface area contributed by atoms with Crippen LogP contribution in [0.5, 0.6) is 5.75 Å². The summed E-state index contributed by atoms with van der Waals surface area (Å²) in [5.41, 5.74) is 8.15. The first-order valence-electron chi connectivity index (χ1n) is 8.23. The van der Waals surface area contributed by atoms with Gasteiger partial charge in [-0.3, -0.25) is 4.79 Å². The van der Waals surface area contributed by atoms with Crippen molar-refractivity contribution in [1.82, 2.24) is 14.8 Å². The molecular formula is C19H16ClN5O2. The summed E-state index contributed by atoms with van der Waals surface area (Å²) in [6.45, 7) is 1.77. The largest absolute Gasteiger partial charge is 0.508 e. The Balaban J connectivity index is 1.88. The van der Waals surface area contributed by atoms with Crippen molar-refractivity contribution >= 4 is 23.5 Å². The van der Waals surface area contributed by atoms with E-state index in [1.54, 1.807) is 48.0 Å². The predicted octanol–water partition coefficient (Wildman–Crippen LogP) is 3.08. The number of phenols is 1. The summed E-state index contributed by atoms with van der Waals surface area (Å²) in [5.74, 6) is 0.545. The van der Waals surface area contributed by atoms with Crippen LogP contribution in [-0.4, -0.2) is 25.8 Å². The number of primary amides is 1. The number of benzene rings is 2. The predicted molar refractivity (Wildman–Crippen MR) is 102 cm³/mol. The van der Waals surface area contributed by atoms with Gasteiger partial charge in [-0.15, -0.1) is 5.10 Å². The van der Waals surface area contributed by atoms with Crippen LogP contribution in [0.15, 0.2) is 59.8 Å². The molecule has 0 spiro atoms. The van der Waals surface area contributed by atoms with Crippen molar-refractivity contribution in [1.29, 1.82) is 0 Å². The molecule has 0 fully saturated rings. The second kappa shape index (κ2) is 6.44. The van der Waals surface area contributed by atoms with E-state index in [4.69, 9.17) is 17.3 Å².